The van der Waals surface area contributed by atoms with Gasteiger partial charge in [0, 0.05) is 51.8 Å². The Kier molecular flexibility index (Phi) is 5.01. The number of nitrogens with zero attached hydrogens (tertiary/aromatic N) is 6. The van der Waals surface area contributed by atoms with Gasteiger partial charge in [-0.3, -0.25) is 14.2 Å². The van der Waals surface area contributed by atoms with Crippen molar-refractivity contribution in [3.8, 4) is 0 Å². The number of carbonyl (C=O) groups excluding carboxylic acids is 2. The molecule has 9 nitrogen and oxygen atoms in total. The van der Waals surface area contributed by atoms with E-state index in [1.165, 1.54) is 0 Å². The molecule has 1 atom stereocenters. The van der Waals surface area contributed by atoms with Gasteiger partial charge in [0.05, 0.1) is 11.9 Å². The van der Waals surface area contributed by atoms with E-state index in [2.05, 4.69) is 15.5 Å². The maximum Gasteiger partial charge on any atom is 0.317 e. The second-order valence-electron chi connectivity index (χ2n) is 6.36. The average Bonchev–Trinajstić information content (AvgIpc) is 3.24. The van der Waals surface area contributed by atoms with Gasteiger partial charge in [0.15, 0.2) is 0 Å². The fraction of sp³-hybridized carbons (Fsp3) is 0.500. The summed E-state index contributed by atoms with van der Waals surface area (Å²) in [4.78, 5) is 27.8. The van der Waals surface area contributed by atoms with E-state index >= 15 is 0 Å². The Hall–Kier alpha value is -2.84. The quantitative estimate of drug-likeness (QED) is 0.845. The Morgan fingerprint density at radius 3 is 2.84 bits per heavy atom. The average molecular weight is 345 g/mol. The van der Waals surface area contributed by atoms with Gasteiger partial charge in [-0.15, -0.1) is 0 Å². The molecule has 0 saturated carbocycles. The van der Waals surface area contributed by atoms with Gasteiger partial charge in [0.2, 0.25) is 5.91 Å². The van der Waals surface area contributed by atoms with Crippen LogP contribution in [-0.4, -0.2) is 62.6 Å². The molecule has 0 unspecified atom stereocenters. The Morgan fingerprint density at radius 1 is 1.36 bits per heavy atom. The first-order chi connectivity index (χ1) is 12.0. The molecule has 3 heterocycles. The largest absolute Gasteiger partial charge is 0.338 e. The molecule has 1 N–H and O–H groups in total. The van der Waals surface area contributed by atoms with Crippen molar-refractivity contribution in [1.29, 1.82) is 0 Å². The summed E-state index contributed by atoms with van der Waals surface area (Å²) in [6.45, 7) is 4.37. The number of amides is 3. The van der Waals surface area contributed by atoms with Gasteiger partial charge in [0.25, 0.3) is 0 Å². The van der Waals surface area contributed by atoms with Crippen LogP contribution in [0.2, 0.25) is 0 Å². The number of nitrogens with one attached hydrogen (secondary N) is 1. The number of piperazine rings is 1. The van der Waals surface area contributed by atoms with Crippen molar-refractivity contribution in [3.63, 3.8) is 0 Å². The van der Waals surface area contributed by atoms with E-state index in [-0.39, 0.29) is 24.4 Å². The molecule has 1 fully saturated rings. The molecule has 0 bridgehead atoms. The standard InChI is InChI=1S/C16H23N7O2/c1-13(10-22-5-3-4-18-22)8-17-16(25)21-6-7-23(15(24)12-21)14-9-19-20(2)11-14/h3-5,9,11,13H,6-8,10,12H2,1-2H3,(H,17,25)/t13-/m0/s1. The summed E-state index contributed by atoms with van der Waals surface area (Å²) in [7, 11) is 1.81. The van der Waals surface area contributed by atoms with Crippen molar-refractivity contribution in [3.05, 3.63) is 30.9 Å². The molecular weight excluding hydrogens is 322 g/mol. The zero-order chi connectivity index (χ0) is 17.8. The van der Waals surface area contributed by atoms with Gasteiger partial charge in [-0.2, -0.15) is 10.2 Å². The molecule has 3 rings (SSSR count). The molecule has 3 amide bonds. The molecule has 2 aromatic rings. The summed E-state index contributed by atoms with van der Waals surface area (Å²) in [5.74, 6) is 0.148. The minimum atomic E-state index is -0.202. The molecule has 0 aromatic carbocycles. The Morgan fingerprint density at radius 2 is 2.20 bits per heavy atom. The summed E-state index contributed by atoms with van der Waals surface area (Å²) in [5, 5.41) is 11.1. The lowest BCUT2D eigenvalue weighted by atomic mass is 10.2. The molecule has 1 aliphatic rings. The van der Waals surface area contributed by atoms with E-state index in [0.717, 1.165) is 12.2 Å². The van der Waals surface area contributed by atoms with E-state index in [1.807, 2.05) is 30.9 Å². The topological polar surface area (TPSA) is 88.3 Å². The van der Waals surface area contributed by atoms with E-state index in [4.69, 9.17) is 0 Å². The van der Waals surface area contributed by atoms with Crippen LogP contribution in [0.5, 0.6) is 0 Å². The summed E-state index contributed by atoms with van der Waals surface area (Å²) in [6, 6.07) is 1.67. The van der Waals surface area contributed by atoms with E-state index < -0.39 is 0 Å². The highest BCUT2D eigenvalue weighted by Crippen LogP contribution is 2.16. The number of aromatic nitrogens is 4. The molecular formula is C16H23N7O2. The minimum absolute atomic E-state index is 0.0776. The first-order valence-corrected chi connectivity index (χ1v) is 8.32. The third-order valence-corrected chi connectivity index (χ3v) is 4.17. The molecule has 1 aliphatic heterocycles. The lowest BCUT2D eigenvalue weighted by Crippen LogP contribution is -2.55. The highest BCUT2D eigenvalue weighted by atomic mass is 16.2. The summed E-state index contributed by atoms with van der Waals surface area (Å²) in [6.07, 6.45) is 7.09. The highest BCUT2D eigenvalue weighted by Gasteiger charge is 2.28. The van der Waals surface area contributed by atoms with Crippen LogP contribution in [0.3, 0.4) is 0 Å². The third-order valence-electron chi connectivity index (χ3n) is 4.17. The van der Waals surface area contributed by atoms with Crippen LogP contribution in [0.25, 0.3) is 0 Å². The number of hydrogen-bond acceptors (Lipinski definition) is 4. The molecule has 0 radical (unpaired) electrons. The van der Waals surface area contributed by atoms with Crippen LogP contribution in [0, 0.1) is 5.92 Å². The summed E-state index contributed by atoms with van der Waals surface area (Å²) >= 11 is 0. The smallest absolute Gasteiger partial charge is 0.317 e. The maximum absolute atomic E-state index is 12.3. The van der Waals surface area contributed by atoms with Crippen LogP contribution in [0.4, 0.5) is 10.5 Å². The van der Waals surface area contributed by atoms with Crippen LogP contribution >= 0.6 is 0 Å². The number of rotatable bonds is 5. The zero-order valence-corrected chi connectivity index (χ0v) is 14.5. The SMILES string of the molecule is C[C@@H](CNC(=O)N1CCN(c2cnn(C)c2)C(=O)C1)Cn1cccn1. The maximum atomic E-state index is 12.3. The fourth-order valence-corrected chi connectivity index (χ4v) is 2.83. The Bertz CT molecular complexity index is 725. The Labute approximate surface area is 146 Å². The van der Waals surface area contributed by atoms with Crippen LogP contribution in [0.1, 0.15) is 6.92 Å². The second-order valence-corrected chi connectivity index (χ2v) is 6.36. The fourth-order valence-electron chi connectivity index (χ4n) is 2.83. The van der Waals surface area contributed by atoms with Gasteiger partial charge in [-0.1, -0.05) is 6.92 Å². The second kappa shape index (κ2) is 7.37. The summed E-state index contributed by atoms with van der Waals surface area (Å²) < 4.78 is 3.50. The van der Waals surface area contributed by atoms with Gasteiger partial charge in [-0.05, 0) is 12.0 Å². The number of carbonyl (C=O) groups is 2. The number of urea groups is 1. The normalized spacial score (nSPS) is 16.2. The van der Waals surface area contributed by atoms with Crippen molar-refractivity contribution in [2.45, 2.75) is 13.5 Å². The first-order valence-electron chi connectivity index (χ1n) is 8.32. The predicted molar refractivity (Wildman–Crippen MR) is 91.9 cm³/mol. The molecule has 134 valence electrons. The van der Waals surface area contributed by atoms with E-state index in [1.54, 1.807) is 33.1 Å². The van der Waals surface area contributed by atoms with Gasteiger partial charge < -0.3 is 15.1 Å². The number of hydrogen-bond donors (Lipinski definition) is 1. The molecule has 2 aromatic heterocycles. The van der Waals surface area contributed by atoms with Gasteiger partial charge in [0.1, 0.15) is 6.54 Å². The van der Waals surface area contributed by atoms with Crippen molar-refractivity contribution in [2.24, 2.45) is 13.0 Å². The van der Waals surface area contributed by atoms with Crippen molar-refractivity contribution >= 4 is 17.6 Å². The summed E-state index contributed by atoms with van der Waals surface area (Å²) in [5.41, 5.74) is 0.764. The van der Waals surface area contributed by atoms with Crippen LogP contribution in [0.15, 0.2) is 30.9 Å². The molecule has 9 heteroatoms. The highest BCUT2D eigenvalue weighted by molar-refractivity contribution is 5.97. The van der Waals surface area contributed by atoms with E-state index in [0.29, 0.717) is 19.6 Å². The molecule has 1 saturated heterocycles. The molecule has 25 heavy (non-hydrogen) atoms. The minimum Gasteiger partial charge on any atom is -0.338 e. The van der Waals surface area contributed by atoms with Gasteiger partial charge >= 0.3 is 6.03 Å². The van der Waals surface area contributed by atoms with Gasteiger partial charge in [-0.25, -0.2) is 4.79 Å². The number of anilines is 1. The number of aryl methyl sites for hydroxylation is 1. The zero-order valence-electron chi connectivity index (χ0n) is 14.5. The van der Waals surface area contributed by atoms with Crippen molar-refractivity contribution in [1.82, 2.24) is 29.8 Å². The van der Waals surface area contributed by atoms with Crippen molar-refractivity contribution < 1.29 is 9.59 Å². The van der Waals surface area contributed by atoms with Crippen LogP contribution < -0.4 is 10.2 Å². The lowest BCUT2D eigenvalue weighted by Gasteiger charge is -2.33. The van der Waals surface area contributed by atoms with Crippen LogP contribution in [-0.2, 0) is 18.4 Å². The molecule has 0 aliphatic carbocycles. The van der Waals surface area contributed by atoms with Crippen molar-refractivity contribution in [2.75, 3.05) is 31.1 Å². The molecule has 0 spiro atoms. The van der Waals surface area contributed by atoms with E-state index in [9.17, 15) is 9.59 Å². The lowest BCUT2D eigenvalue weighted by molar-refractivity contribution is -0.120. The predicted octanol–water partition coefficient (Wildman–Crippen LogP) is 0.311. The third kappa shape index (κ3) is 4.17. The monoisotopic (exact) mass is 345 g/mol. The first kappa shape index (κ1) is 17.0. The Balaban J connectivity index is 1.46.